The topological polar surface area (TPSA) is 54.8 Å². The zero-order valence-corrected chi connectivity index (χ0v) is 12.1. The summed E-state index contributed by atoms with van der Waals surface area (Å²) in [7, 11) is 3.92. The lowest BCUT2D eigenvalue weighted by Gasteiger charge is -2.37. The average Bonchev–Trinajstić information content (AvgIpc) is 2.90. The summed E-state index contributed by atoms with van der Waals surface area (Å²) < 4.78 is 2.08. The Morgan fingerprint density at radius 3 is 2.45 bits per heavy atom. The minimum absolute atomic E-state index is 0.0383. The predicted molar refractivity (Wildman–Crippen MR) is 79.9 cm³/mol. The van der Waals surface area contributed by atoms with Crippen molar-refractivity contribution in [1.82, 2.24) is 20.1 Å². The van der Waals surface area contributed by atoms with Gasteiger partial charge in [0, 0.05) is 14.1 Å². The lowest BCUT2D eigenvalue weighted by atomic mass is 9.72. The molecule has 2 heterocycles. The summed E-state index contributed by atoms with van der Waals surface area (Å²) in [6.07, 6.45) is 2.10. The number of benzene rings is 1. The fourth-order valence-corrected chi connectivity index (χ4v) is 3.22. The normalized spacial score (nSPS) is 17.9. The number of hydrogen-bond acceptors (Lipinski definition) is 4. The van der Waals surface area contributed by atoms with Gasteiger partial charge in [0.05, 0.1) is 5.41 Å². The maximum Gasteiger partial charge on any atom is 0.224 e. The van der Waals surface area contributed by atoms with Crippen molar-refractivity contribution in [3.8, 4) is 0 Å². The van der Waals surface area contributed by atoms with Crippen LogP contribution in [0.1, 0.15) is 24.2 Å². The molecular formula is C15H21N5. The predicted octanol–water partition coefficient (Wildman–Crippen LogP) is 1.53. The lowest BCUT2D eigenvalue weighted by Crippen LogP contribution is -2.42. The summed E-state index contributed by atoms with van der Waals surface area (Å²) in [5.41, 5.74) is 1.29. The average molecular weight is 271 g/mol. The van der Waals surface area contributed by atoms with Crippen LogP contribution in [0.3, 0.4) is 0 Å². The van der Waals surface area contributed by atoms with E-state index >= 15 is 0 Å². The highest BCUT2D eigenvalue weighted by molar-refractivity contribution is 5.37. The molecule has 1 aliphatic heterocycles. The third kappa shape index (κ3) is 1.98. The summed E-state index contributed by atoms with van der Waals surface area (Å²) in [4.78, 5) is 0. The van der Waals surface area contributed by atoms with Crippen LogP contribution in [0.15, 0.2) is 30.3 Å². The minimum atomic E-state index is -0.0383. The molecule has 1 aromatic carbocycles. The molecule has 0 radical (unpaired) electrons. The molecule has 2 N–H and O–H groups in total. The summed E-state index contributed by atoms with van der Waals surface area (Å²) in [5, 5.41) is 15.3. The van der Waals surface area contributed by atoms with E-state index in [4.69, 9.17) is 0 Å². The quantitative estimate of drug-likeness (QED) is 0.889. The Kier molecular flexibility index (Phi) is 3.44. The first-order chi connectivity index (χ1) is 9.78. The van der Waals surface area contributed by atoms with Gasteiger partial charge in [0.15, 0.2) is 0 Å². The van der Waals surface area contributed by atoms with Gasteiger partial charge in [-0.2, -0.15) is 0 Å². The fraction of sp³-hybridized carbons (Fsp3) is 0.467. The SMILES string of the molecule is CNc1nnc(C2(c3ccccc3)CCNCC2)n1C. The molecule has 0 unspecified atom stereocenters. The Balaban J connectivity index is 2.12. The van der Waals surface area contributed by atoms with Gasteiger partial charge >= 0.3 is 0 Å². The third-order valence-corrected chi connectivity index (χ3v) is 4.31. The second-order valence-electron chi connectivity index (χ2n) is 5.35. The Morgan fingerprint density at radius 1 is 1.15 bits per heavy atom. The van der Waals surface area contributed by atoms with Crippen LogP contribution in [0.4, 0.5) is 5.95 Å². The number of anilines is 1. The molecule has 0 atom stereocenters. The first-order valence-corrected chi connectivity index (χ1v) is 7.12. The maximum atomic E-state index is 4.48. The van der Waals surface area contributed by atoms with Crippen LogP contribution in [0.5, 0.6) is 0 Å². The van der Waals surface area contributed by atoms with Crippen LogP contribution in [-0.4, -0.2) is 34.9 Å². The lowest BCUT2D eigenvalue weighted by molar-refractivity contribution is 0.338. The van der Waals surface area contributed by atoms with Gasteiger partial charge < -0.3 is 10.6 Å². The molecule has 1 fully saturated rings. The summed E-state index contributed by atoms with van der Waals surface area (Å²) in [5.74, 6) is 1.86. The molecule has 0 saturated carbocycles. The van der Waals surface area contributed by atoms with E-state index in [2.05, 4.69) is 55.7 Å². The molecule has 106 valence electrons. The van der Waals surface area contributed by atoms with Crippen LogP contribution in [0.2, 0.25) is 0 Å². The maximum absolute atomic E-state index is 4.48. The van der Waals surface area contributed by atoms with Crippen LogP contribution in [0, 0.1) is 0 Å². The van der Waals surface area contributed by atoms with Gasteiger partial charge in [0.25, 0.3) is 0 Å². The fourth-order valence-electron chi connectivity index (χ4n) is 3.22. The Bertz CT molecular complexity index is 569. The van der Waals surface area contributed by atoms with Gasteiger partial charge in [-0.3, -0.25) is 4.57 Å². The molecule has 0 amide bonds. The number of aromatic nitrogens is 3. The van der Waals surface area contributed by atoms with Gasteiger partial charge in [-0.05, 0) is 31.5 Å². The van der Waals surface area contributed by atoms with Crippen LogP contribution < -0.4 is 10.6 Å². The van der Waals surface area contributed by atoms with Crippen molar-refractivity contribution < 1.29 is 0 Å². The van der Waals surface area contributed by atoms with Gasteiger partial charge in [-0.1, -0.05) is 30.3 Å². The molecule has 0 aliphatic carbocycles. The van der Waals surface area contributed by atoms with Crippen molar-refractivity contribution in [2.24, 2.45) is 7.05 Å². The first kappa shape index (κ1) is 13.1. The molecule has 3 rings (SSSR count). The molecule has 5 heteroatoms. The Hall–Kier alpha value is -1.88. The van der Waals surface area contributed by atoms with E-state index < -0.39 is 0 Å². The number of rotatable bonds is 3. The van der Waals surface area contributed by atoms with E-state index in [9.17, 15) is 0 Å². The molecule has 5 nitrogen and oxygen atoms in total. The molecule has 0 bridgehead atoms. The zero-order valence-electron chi connectivity index (χ0n) is 12.1. The van der Waals surface area contributed by atoms with Crippen molar-refractivity contribution in [3.63, 3.8) is 0 Å². The highest BCUT2D eigenvalue weighted by Gasteiger charge is 2.40. The van der Waals surface area contributed by atoms with Crippen LogP contribution in [-0.2, 0) is 12.5 Å². The van der Waals surface area contributed by atoms with Gasteiger partial charge in [-0.15, -0.1) is 10.2 Å². The second-order valence-corrected chi connectivity index (χ2v) is 5.35. The van der Waals surface area contributed by atoms with Gasteiger partial charge in [-0.25, -0.2) is 0 Å². The number of nitrogens with zero attached hydrogens (tertiary/aromatic N) is 3. The van der Waals surface area contributed by atoms with E-state index in [0.29, 0.717) is 0 Å². The van der Waals surface area contributed by atoms with Crippen molar-refractivity contribution in [3.05, 3.63) is 41.7 Å². The number of hydrogen-bond donors (Lipinski definition) is 2. The second kappa shape index (κ2) is 5.25. The Morgan fingerprint density at radius 2 is 1.85 bits per heavy atom. The van der Waals surface area contributed by atoms with E-state index in [1.54, 1.807) is 0 Å². The highest BCUT2D eigenvalue weighted by atomic mass is 15.3. The monoisotopic (exact) mass is 271 g/mol. The summed E-state index contributed by atoms with van der Waals surface area (Å²) in [6, 6.07) is 10.7. The molecule has 1 aromatic heterocycles. The van der Waals surface area contributed by atoms with Crippen molar-refractivity contribution in [2.45, 2.75) is 18.3 Å². The largest absolute Gasteiger partial charge is 0.357 e. The summed E-state index contributed by atoms with van der Waals surface area (Å²) >= 11 is 0. The highest BCUT2D eigenvalue weighted by Crippen LogP contribution is 2.39. The van der Waals surface area contributed by atoms with Crippen molar-refractivity contribution >= 4 is 5.95 Å². The molecular weight excluding hydrogens is 250 g/mol. The molecule has 1 saturated heterocycles. The summed E-state index contributed by atoms with van der Waals surface area (Å²) in [6.45, 7) is 2.02. The van der Waals surface area contributed by atoms with Crippen LogP contribution >= 0.6 is 0 Å². The molecule has 20 heavy (non-hydrogen) atoms. The van der Waals surface area contributed by atoms with E-state index in [1.807, 2.05) is 14.1 Å². The molecule has 0 spiro atoms. The first-order valence-electron chi connectivity index (χ1n) is 7.12. The van der Waals surface area contributed by atoms with Crippen molar-refractivity contribution in [2.75, 3.05) is 25.5 Å². The number of nitrogens with one attached hydrogen (secondary N) is 2. The molecule has 1 aliphatic rings. The molecule has 2 aromatic rings. The zero-order chi connectivity index (χ0) is 14.0. The smallest absolute Gasteiger partial charge is 0.224 e. The van der Waals surface area contributed by atoms with Gasteiger partial charge in [0.2, 0.25) is 5.95 Å². The number of piperidine rings is 1. The van der Waals surface area contributed by atoms with E-state index in [0.717, 1.165) is 37.7 Å². The minimum Gasteiger partial charge on any atom is -0.357 e. The van der Waals surface area contributed by atoms with Crippen molar-refractivity contribution in [1.29, 1.82) is 0 Å². The van der Waals surface area contributed by atoms with E-state index in [-0.39, 0.29) is 5.41 Å². The van der Waals surface area contributed by atoms with E-state index in [1.165, 1.54) is 5.56 Å². The Labute approximate surface area is 119 Å². The third-order valence-electron chi connectivity index (χ3n) is 4.31. The van der Waals surface area contributed by atoms with Gasteiger partial charge in [0.1, 0.15) is 5.82 Å². The van der Waals surface area contributed by atoms with Crippen LogP contribution in [0.25, 0.3) is 0 Å². The standard InChI is InChI=1S/C15H21N5/c1-16-14-19-18-13(20(14)2)15(8-10-17-11-9-15)12-6-4-3-5-7-12/h3-7,17H,8-11H2,1-2H3,(H,16,19).